The number of likely N-dealkylation sites (tertiary alicyclic amines) is 1. The van der Waals surface area contributed by atoms with Crippen LogP contribution in [0.15, 0.2) is 49.6 Å². The van der Waals surface area contributed by atoms with Crippen LogP contribution < -0.4 is 15.1 Å². The fourth-order valence-electron chi connectivity index (χ4n) is 7.72. The average molecular weight is 746 g/mol. The van der Waals surface area contributed by atoms with Gasteiger partial charge >= 0.3 is 5.97 Å². The number of carbonyl (C=O) groups excluding carboxylic acids is 4. The maximum Gasteiger partial charge on any atom is 0.312 e. The minimum Gasteiger partial charge on any atom is -0.460 e. The SMILES string of the molecule is C=CCCC(=O)NC[C@@H](C)OC(=O)[C@@H]1[C@H]2O[C@@]3(CC2Br)[C@H](C(=O)N(CC=C)c2ccc(N(CC)CC)cc2)N([C@@H](CO)[C@@H](C)CC)C(=O)[C@@H]13. The van der Waals surface area contributed by atoms with E-state index in [2.05, 4.69) is 53.2 Å². The molecule has 11 nitrogen and oxygen atoms in total. The van der Waals surface area contributed by atoms with Gasteiger partial charge in [0.1, 0.15) is 17.7 Å². The van der Waals surface area contributed by atoms with Crippen LogP contribution in [-0.2, 0) is 28.7 Å². The number of allylic oxidation sites excluding steroid dienone is 1. The van der Waals surface area contributed by atoms with E-state index in [0.29, 0.717) is 24.9 Å². The number of hydrogen-bond acceptors (Lipinski definition) is 8. The van der Waals surface area contributed by atoms with Gasteiger partial charge in [0.25, 0.3) is 5.91 Å². The molecule has 0 saturated carbocycles. The Morgan fingerprint density at radius 2 is 1.80 bits per heavy atom. The molecule has 0 aromatic heterocycles. The van der Waals surface area contributed by atoms with Gasteiger partial charge in [0.15, 0.2) is 0 Å². The molecule has 1 aromatic carbocycles. The van der Waals surface area contributed by atoms with Gasteiger partial charge in [-0.2, -0.15) is 0 Å². The van der Waals surface area contributed by atoms with Gasteiger partial charge in [-0.1, -0.05) is 48.4 Å². The summed E-state index contributed by atoms with van der Waals surface area (Å²) in [4.78, 5) is 60.7. The molecular weight excluding hydrogens is 692 g/mol. The molecule has 0 radical (unpaired) electrons. The number of ether oxygens (including phenoxy) is 2. The zero-order chi connectivity index (χ0) is 36.0. The third-order valence-electron chi connectivity index (χ3n) is 10.4. The Labute approximate surface area is 299 Å². The molecule has 4 rings (SSSR count). The third kappa shape index (κ3) is 7.46. The summed E-state index contributed by atoms with van der Waals surface area (Å²) in [5, 5.41) is 13.5. The summed E-state index contributed by atoms with van der Waals surface area (Å²) >= 11 is 3.71. The first-order valence-electron chi connectivity index (χ1n) is 17.5. The van der Waals surface area contributed by atoms with Gasteiger partial charge in [0.2, 0.25) is 11.8 Å². The van der Waals surface area contributed by atoms with Crippen molar-refractivity contribution in [2.24, 2.45) is 17.8 Å². The zero-order valence-corrected chi connectivity index (χ0v) is 31.1. The smallest absolute Gasteiger partial charge is 0.312 e. The van der Waals surface area contributed by atoms with E-state index in [1.807, 2.05) is 38.1 Å². The predicted molar refractivity (Wildman–Crippen MR) is 193 cm³/mol. The van der Waals surface area contributed by atoms with Crippen LogP contribution in [0.2, 0.25) is 0 Å². The first kappa shape index (κ1) is 38.6. The fraction of sp³-hybridized carbons (Fsp3) is 0.622. The normalized spacial score (nSPS) is 27.2. The predicted octanol–water partition coefficient (Wildman–Crippen LogP) is 4.22. The topological polar surface area (TPSA) is 129 Å². The second-order valence-electron chi connectivity index (χ2n) is 13.3. The number of amides is 3. The Morgan fingerprint density at radius 3 is 2.37 bits per heavy atom. The highest BCUT2D eigenvalue weighted by atomic mass is 79.9. The van der Waals surface area contributed by atoms with Crippen LogP contribution in [0.3, 0.4) is 0 Å². The van der Waals surface area contributed by atoms with Crippen molar-refractivity contribution in [3.05, 3.63) is 49.6 Å². The molecule has 1 spiro atoms. The highest BCUT2D eigenvalue weighted by Gasteiger charge is 2.77. The molecule has 3 heterocycles. The van der Waals surface area contributed by atoms with Gasteiger partial charge in [0.05, 0.1) is 37.1 Å². The molecule has 3 fully saturated rings. The minimum absolute atomic E-state index is 0.110. The molecule has 2 N–H and O–H groups in total. The summed E-state index contributed by atoms with van der Waals surface area (Å²) in [6, 6.07) is 5.94. The fourth-order valence-corrected chi connectivity index (χ4v) is 8.66. The van der Waals surface area contributed by atoms with Crippen molar-refractivity contribution in [3.63, 3.8) is 0 Å². The van der Waals surface area contributed by atoms with Crippen molar-refractivity contribution >= 4 is 51.0 Å². The van der Waals surface area contributed by atoms with E-state index in [4.69, 9.17) is 9.47 Å². The molecule has 1 unspecified atom stereocenters. The lowest BCUT2D eigenvalue weighted by atomic mass is 9.70. The van der Waals surface area contributed by atoms with Gasteiger partial charge in [-0.25, -0.2) is 0 Å². The highest BCUT2D eigenvalue weighted by Crippen LogP contribution is 2.61. The molecule has 3 saturated heterocycles. The highest BCUT2D eigenvalue weighted by molar-refractivity contribution is 9.09. The molecule has 2 bridgehead atoms. The lowest BCUT2D eigenvalue weighted by Crippen LogP contribution is -2.60. The van der Waals surface area contributed by atoms with E-state index in [1.54, 1.807) is 24.0 Å². The summed E-state index contributed by atoms with van der Waals surface area (Å²) in [7, 11) is 0. The number of esters is 1. The third-order valence-corrected chi connectivity index (χ3v) is 11.3. The number of nitrogens with one attached hydrogen (secondary N) is 1. The number of aliphatic hydroxyl groups is 1. The van der Waals surface area contributed by atoms with E-state index in [9.17, 15) is 24.3 Å². The van der Waals surface area contributed by atoms with Crippen molar-refractivity contribution < 1.29 is 33.8 Å². The summed E-state index contributed by atoms with van der Waals surface area (Å²) < 4.78 is 12.5. The lowest BCUT2D eigenvalue weighted by molar-refractivity contribution is -0.160. The Morgan fingerprint density at radius 1 is 1.14 bits per heavy atom. The molecule has 3 aliphatic heterocycles. The van der Waals surface area contributed by atoms with E-state index in [1.165, 1.54) is 4.90 Å². The van der Waals surface area contributed by atoms with Crippen LogP contribution in [0.1, 0.15) is 60.3 Å². The molecule has 49 heavy (non-hydrogen) atoms. The molecule has 3 aliphatic rings. The lowest BCUT2D eigenvalue weighted by Gasteiger charge is -2.41. The number of alkyl halides is 1. The number of rotatable bonds is 18. The number of hydrogen-bond donors (Lipinski definition) is 2. The van der Waals surface area contributed by atoms with Crippen LogP contribution >= 0.6 is 15.9 Å². The summed E-state index contributed by atoms with van der Waals surface area (Å²) in [6.45, 7) is 18.9. The Kier molecular flexibility index (Phi) is 13.1. The van der Waals surface area contributed by atoms with Crippen LogP contribution in [-0.4, -0.2) is 101 Å². The number of fused-ring (bicyclic) bond motifs is 1. The van der Waals surface area contributed by atoms with Crippen molar-refractivity contribution in [2.75, 3.05) is 42.6 Å². The van der Waals surface area contributed by atoms with Crippen LogP contribution in [0.4, 0.5) is 11.4 Å². The molecule has 0 aliphatic carbocycles. The Hall–Kier alpha value is -3.22. The maximum absolute atomic E-state index is 15.0. The van der Waals surface area contributed by atoms with Crippen molar-refractivity contribution in [1.29, 1.82) is 0 Å². The summed E-state index contributed by atoms with van der Waals surface area (Å²) in [5.41, 5.74) is 0.334. The van der Waals surface area contributed by atoms with E-state index in [-0.39, 0.29) is 48.7 Å². The molecule has 1 aromatic rings. The number of halogens is 1. The van der Waals surface area contributed by atoms with Crippen molar-refractivity contribution in [2.45, 2.75) is 95.0 Å². The largest absolute Gasteiger partial charge is 0.460 e. The maximum atomic E-state index is 15.0. The number of benzene rings is 1. The Balaban J connectivity index is 1.71. The van der Waals surface area contributed by atoms with Crippen LogP contribution in [0.5, 0.6) is 0 Å². The quantitative estimate of drug-likeness (QED) is 0.130. The van der Waals surface area contributed by atoms with Gasteiger partial charge in [0, 0.05) is 42.3 Å². The van der Waals surface area contributed by atoms with Gasteiger partial charge in [-0.15, -0.1) is 13.2 Å². The first-order chi connectivity index (χ1) is 23.4. The number of aliphatic hydroxyl groups excluding tert-OH is 1. The summed E-state index contributed by atoms with van der Waals surface area (Å²) in [6.07, 6.45) is 3.73. The average Bonchev–Trinajstić information content (AvgIpc) is 3.69. The number of carbonyl (C=O) groups is 4. The van der Waals surface area contributed by atoms with Gasteiger partial charge in [-0.05, 0) is 63.8 Å². The van der Waals surface area contributed by atoms with E-state index in [0.717, 1.165) is 18.8 Å². The molecule has 3 amide bonds. The second kappa shape index (κ2) is 16.7. The van der Waals surface area contributed by atoms with E-state index >= 15 is 0 Å². The van der Waals surface area contributed by atoms with Crippen molar-refractivity contribution in [3.8, 4) is 0 Å². The van der Waals surface area contributed by atoms with Crippen LogP contribution in [0, 0.1) is 17.8 Å². The van der Waals surface area contributed by atoms with Crippen LogP contribution in [0.25, 0.3) is 0 Å². The Bertz CT molecular complexity index is 1370. The van der Waals surface area contributed by atoms with Gasteiger partial charge < -0.3 is 34.6 Å². The minimum atomic E-state index is -1.33. The molecule has 270 valence electrons. The zero-order valence-electron chi connectivity index (χ0n) is 29.5. The monoisotopic (exact) mass is 744 g/mol. The molecule has 12 heteroatoms. The molecule has 9 atom stereocenters. The van der Waals surface area contributed by atoms with Crippen molar-refractivity contribution in [1.82, 2.24) is 10.2 Å². The van der Waals surface area contributed by atoms with E-state index < -0.39 is 53.6 Å². The number of nitrogens with zero attached hydrogens (tertiary/aromatic N) is 3. The first-order valence-corrected chi connectivity index (χ1v) is 18.5. The molecular formula is C37H53BrN4O7. The second-order valence-corrected chi connectivity index (χ2v) is 14.5. The number of anilines is 2. The standard InChI is InChI=1S/C37H53BrN4O7/c1-8-13-14-29(44)39-21-24(7)48-36(47)30-31-34(45)42(28(22-43)23(6)10-3)33(37(31)20-27(38)32(30)49-37)35(46)41(19-9-2)26-17-15-25(16-18-26)40(11-4)12-5/h8-9,15-18,23-24,27-28,30-33,43H,1-2,10-14,19-22H2,3-7H3,(H,39,44)/t23-,24+,27?,28-,30-,31+,32-,33-,37+/m0/s1. The van der Waals surface area contributed by atoms with Gasteiger partial charge in [-0.3, -0.25) is 19.2 Å². The summed E-state index contributed by atoms with van der Waals surface area (Å²) in [5.74, 6) is -3.68.